The summed E-state index contributed by atoms with van der Waals surface area (Å²) in [4.78, 5) is 0.262. The minimum atomic E-state index is -3.79. The maximum Gasteiger partial charge on any atom is 0.264 e. The van der Waals surface area contributed by atoms with Gasteiger partial charge in [-0.05, 0) is 48.7 Å². The molecule has 1 fully saturated rings. The minimum Gasteiger partial charge on any atom is -0.383 e. The van der Waals surface area contributed by atoms with Crippen molar-refractivity contribution >= 4 is 27.6 Å². The average molecular weight is 478 g/mol. The fourth-order valence-electron chi connectivity index (χ4n) is 4.33. The molecule has 2 atom stereocenters. The van der Waals surface area contributed by atoms with Gasteiger partial charge in [-0.15, -0.1) is 0 Å². The van der Waals surface area contributed by atoms with E-state index in [1.807, 2.05) is 60.7 Å². The molecule has 4 rings (SSSR count). The van der Waals surface area contributed by atoms with E-state index in [-0.39, 0.29) is 17.4 Å². The van der Waals surface area contributed by atoms with Gasteiger partial charge in [0, 0.05) is 25.2 Å². The molecule has 7 nitrogen and oxygen atoms in total. The summed E-state index contributed by atoms with van der Waals surface area (Å²) in [5, 5.41) is 10.6. The molecular formula is C26H31N5O2S. The molecule has 0 radical (unpaired) electrons. The molecule has 1 aliphatic heterocycles. The predicted octanol–water partition coefficient (Wildman–Crippen LogP) is 3.66. The molecule has 178 valence electrons. The summed E-state index contributed by atoms with van der Waals surface area (Å²) in [6.45, 7) is 2.69. The molecule has 0 amide bonds. The van der Waals surface area contributed by atoms with Gasteiger partial charge >= 0.3 is 0 Å². The normalized spacial score (nSPS) is 18.6. The SMILES string of the molecule is NN=CC1CNCCC1CNc1ccccc1N(Cc1ccccc1)S(=O)(=O)c1ccccc1. The number of nitrogens with two attached hydrogens (primary N) is 1. The first-order chi connectivity index (χ1) is 16.6. The second kappa shape index (κ2) is 11.2. The second-order valence-electron chi connectivity index (χ2n) is 8.42. The molecular weight excluding hydrogens is 446 g/mol. The highest BCUT2D eigenvalue weighted by molar-refractivity contribution is 7.92. The van der Waals surface area contributed by atoms with Crippen molar-refractivity contribution in [3.63, 3.8) is 0 Å². The lowest BCUT2D eigenvalue weighted by Crippen LogP contribution is -2.40. The van der Waals surface area contributed by atoms with E-state index in [1.165, 1.54) is 4.31 Å². The number of hydrogen-bond donors (Lipinski definition) is 3. The monoisotopic (exact) mass is 477 g/mol. The van der Waals surface area contributed by atoms with Crippen LogP contribution in [0.2, 0.25) is 0 Å². The number of rotatable bonds is 9. The Kier molecular flexibility index (Phi) is 7.82. The van der Waals surface area contributed by atoms with Crippen LogP contribution >= 0.6 is 0 Å². The van der Waals surface area contributed by atoms with Crippen LogP contribution in [0.15, 0.2) is 94.9 Å². The largest absolute Gasteiger partial charge is 0.383 e. The van der Waals surface area contributed by atoms with Gasteiger partial charge in [-0.3, -0.25) is 4.31 Å². The van der Waals surface area contributed by atoms with Crippen LogP contribution in [0, 0.1) is 11.8 Å². The third-order valence-corrected chi connectivity index (χ3v) is 7.96. The number of piperidine rings is 1. The van der Waals surface area contributed by atoms with Crippen molar-refractivity contribution in [1.29, 1.82) is 0 Å². The van der Waals surface area contributed by atoms with Crippen molar-refractivity contribution in [2.45, 2.75) is 17.9 Å². The Hall–Kier alpha value is -3.36. The van der Waals surface area contributed by atoms with Gasteiger partial charge in [0.25, 0.3) is 10.0 Å². The van der Waals surface area contributed by atoms with Gasteiger partial charge < -0.3 is 16.5 Å². The summed E-state index contributed by atoms with van der Waals surface area (Å²) in [5.41, 5.74) is 2.31. The first-order valence-corrected chi connectivity index (χ1v) is 12.9. The summed E-state index contributed by atoms with van der Waals surface area (Å²) < 4.78 is 29.1. The Morgan fingerprint density at radius 1 is 1.00 bits per heavy atom. The molecule has 0 saturated carbocycles. The smallest absolute Gasteiger partial charge is 0.264 e. The van der Waals surface area contributed by atoms with Crippen molar-refractivity contribution in [1.82, 2.24) is 5.32 Å². The lowest BCUT2D eigenvalue weighted by molar-refractivity contribution is 0.336. The van der Waals surface area contributed by atoms with Gasteiger partial charge in [0.15, 0.2) is 0 Å². The van der Waals surface area contributed by atoms with Crippen LogP contribution in [-0.2, 0) is 16.6 Å². The number of hydrogen-bond acceptors (Lipinski definition) is 6. The zero-order valence-corrected chi connectivity index (χ0v) is 19.9. The lowest BCUT2D eigenvalue weighted by Gasteiger charge is -2.31. The molecule has 1 saturated heterocycles. The summed E-state index contributed by atoms with van der Waals surface area (Å²) >= 11 is 0. The quantitative estimate of drug-likeness (QED) is 0.248. The maximum absolute atomic E-state index is 13.8. The Labute approximate surface area is 201 Å². The second-order valence-corrected chi connectivity index (χ2v) is 10.3. The predicted molar refractivity (Wildman–Crippen MR) is 138 cm³/mol. The zero-order valence-electron chi connectivity index (χ0n) is 19.0. The van der Waals surface area contributed by atoms with Gasteiger partial charge in [0.05, 0.1) is 22.8 Å². The first-order valence-electron chi connectivity index (χ1n) is 11.5. The molecule has 0 bridgehead atoms. The average Bonchev–Trinajstić information content (AvgIpc) is 2.88. The molecule has 0 spiro atoms. The lowest BCUT2D eigenvalue weighted by atomic mass is 9.87. The number of benzene rings is 3. The number of anilines is 2. The summed E-state index contributed by atoms with van der Waals surface area (Å²) in [5.74, 6) is 5.99. The van der Waals surface area contributed by atoms with Crippen molar-refractivity contribution in [3.8, 4) is 0 Å². The summed E-state index contributed by atoms with van der Waals surface area (Å²) in [6.07, 6.45) is 2.79. The molecule has 3 aromatic rings. The van der Waals surface area contributed by atoms with E-state index in [0.29, 0.717) is 18.2 Å². The first kappa shape index (κ1) is 23.8. The van der Waals surface area contributed by atoms with Gasteiger partial charge in [-0.1, -0.05) is 60.7 Å². The molecule has 34 heavy (non-hydrogen) atoms. The highest BCUT2D eigenvalue weighted by atomic mass is 32.2. The van der Waals surface area contributed by atoms with E-state index >= 15 is 0 Å². The maximum atomic E-state index is 13.8. The number of para-hydroxylation sites is 2. The Bertz CT molecular complexity index is 1190. The van der Waals surface area contributed by atoms with Crippen molar-refractivity contribution in [2.75, 3.05) is 29.3 Å². The Morgan fingerprint density at radius 2 is 1.68 bits per heavy atom. The third kappa shape index (κ3) is 5.58. The zero-order chi connectivity index (χ0) is 23.8. The van der Waals surface area contributed by atoms with Gasteiger partial charge in [0.2, 0.25) is 0 Å². The summed E-state index contributed by atoms with van der Waals surface area (Å²) in [6, 6.07) is 25.8. The van der Waals surface area contributed by atoms with Crippen molar-refractivity contribution < 1.29 is 8.42 Å². The Balaban J connectivity index is 1.67. The van der Waals surface area contributed by atoms with Gasteiger partial charge in [-0.2, -0.15) is 5.10 Å². The summed E-state index contributed by atoms with van der Waals surface area (Å²) in [7, 11) is -3.79. The van der Waals surface area contributed by atoms with Crippen LogP contribution < -0.4 is 20.8 Å². The van der Waals surface area contributed by atoms with E-state index in [4.69, 9.17) is 5.84 Å². The Morgan fingerprint density at radius 3 is 2.41 bits per heavy atom. The van der Waals surface area contributed by atoms with Crippen LogP contribution in [0.3, 0.4) is 0 Å². The number of sulfonamides is 1. The van der Waals surface area contributed by atoms with Gasteiger partial charge in [-0.25, -0.2) is 8.42 Å². The molecule has 0 aromatic heterocycles. The third-order valence-electron chi connectivity index (χ3n) is 6.18. The van der Waals surface area contributed by atoms with Crippen LogP contribution in [0.25, 0.3) is 0 Å². The van der Waals surface area contributed by atoms with E-state index in [2.05, 4.69) is 15.7 Å². The van der Waals surface area contributed by atoms with E-state index in [9.17, 15) is 8.42 Å². The standard InChI is InChI=1S/C26H31N5O2S/c27-30-19-23-17-28-16-15-22(23)18-29-25-13-7-8-14-26(25)31(20-21-9-3-1-4-10-21)34(32,33)24-11-5-2-6-12-24/h1-14,19,22-23,28-29H,15-18,20,27H2. The highest BCUT2D eigenvalue weighted by Crippen LogP contribution is 2.33. The minimum absolute atomic E-state index is 0.229. The molecule has 3 aromatic carbocycles. The van der Waals surface area contributed by atoms with E-state index in [0.717, 1.165) is 30.8 Å². The van der Waals surface area contributed by atoms with E-state index in [1.54, 1.807) is 30.5 Å². The van der Waals surface area contributed by atoms with Crippen LogP contribution in [0.1, 0.15) is 12.0 Å². The molecule has 4 N–H and O–H groups in total. The molecule has 1 heterocycles. The molecule has 1 aliphatic rings. The topological polar surface area (TPSA) is 99.8 Å². The number of nitrogens with zero attached hydrogens (tertiary/aromatic N) is 2. The highest BCUT2D eigenvalue weighted by Gasteiger charge is 2.28. The fraction of sp³-hybridized carbons (Fsp3) is 0.269. The molecule has 8 heteroatoms. The molecule has 0 aliphatic carbocycles. The number of hydrazone groups is 1. The van der Waals surface area contributed by atoms with Crippen LogP contribution in [0.5, 0.6) is 0 Å². The van der Waals surface area contributed by atoms with Crippen LogP contribution in [0.4, 0.5) is 11.4 Å². The fourth-order valence-corrected chi connectivity index (χ4v) is 5.82. The molecule has 2 unspecified atom stereocenters. The van der Waals surface area contributed by atoms with Crippen molar-refractivity contribution in [3.05, 3.63) is 90.5 Å². The van der Waals surface area contributed by atoms with Gasteiger partial charge in [0.1, 0.15) is 0 Å². The van der Waals surface area contributed by atoms with E-state index < -0.39 is 10.0 Å². The van der Waals surface area contributed by atoms with Crippen molar-refractivity contribution in [2.24, 2.45) is 22.8 Å². The number of nitrogens with one attached hydrogen (secondary N) is 2. The van der Waals surface area contributed by atoms with Crippen LogP contribution in [-0.4, -0.2) is 34.3 Å².